The summed E-state index contributed by atoms with van der Waals surface area (Å²) < 4.78 is 4.69. The minimum atomic E-state index is -0.469. The molecule has 3 N–H and O–H groups in total. The van der Waals surface area contributed by atoms with Gasteiger partial charge in [0.15, 0.2) is 0 Å². The molecule has 0 saturated carbocycles. The van der Waals surface area contributed by atoms with Gasteiger partial charge in [-0.25, -0.2) is 0 Å². The van der Waals surface area contributed by atoms with E-state index in [0.717, 1.165) is 16.7 Å². The molecule has 1 rings (SSSR count). The molecule has 1 unspecified atom stereocenters. The number of hydrogen-bond acceptors (Lipinski definition) is 4. The Balaban J connectivity index is 3.16. The number of ether oxygens (including phenoxy) is 1. The van der Waals surface area contributed by atoms with Gasteiger partial charge in [0.1, 0.15) is 5.75 Å². The molecule has 0 aliphatic rings. The van der Waals surface area contributed by atoms with E-state index in [1.807, 2.05) is 0 Å². The summed E-state index contributed by atoms with van der Waals surface area (Å²) in [4.78, 5) is 11.5. The Labute approximate surface area is 95.0 Å². The lowest BCUT2D eigenvalue weighted by molar-refractivity contribution is -0.142. The van der Waals surface area contributed by atoms with Crippen LogP contribution in [0.1, 0.15) is 22.6 Å². The van der Waals surface area contributed by atoms with Crippen molar-refractivity contribution in [2.45, 2.75) is 19.8 Å². The lowest BCUT2D eigenvalue weighted by Gasteiger charge is -2.15. The standard InChI is InChI=1S/C12H17NO3/c1-7-4-9(5-8(2)11(7)14)10(6-13)12(15)16-3/h4-5,10,14H,6,13H2,1-3H3. The fraction of sp³-hybridized carbons (Fsp3) is 0.417. The molecule has 16 heavy (non-hydrogen) atoms. The van der Waals surface area contributed by atoms with Crippen molar-refractivity contribution in [3.05, 3.63) is 28.8 Å². The highest BCUT2D eigenvalue weighted by Crippen LogP contribution is 2.27. The largest absolute Gasteiger partial charge is 0.507 e. The summed E-state index contributed by atoms with van der Waals surface area (Å²) in [6.07, 6.45) is 0. The maximum absolute atomic E-state index is 11.5. The first-order valence-corrected chi connectivity index (χ1v) is 5.09. The summed E-state index contributed by atoms with van der Waals surface area (Å²) >= 11 is 0. The average molecular weight is 223 g/mol. The number of methoxy groups -OCH3 is 1. The number of phenols is 1. The number of benzene rings is 1. The third kappa shape index (κ3) is 2.33. The Morgan fingerprint density at radius 3 is 2.31 bits per heavy atom. The molecular formula is C12H17NO3. The molecule has 0 saturated heterocycles. The van der Waals surface area contributed by atoms with Crippen molar-refractivity contribution in [1.29, 1.82) is 0 Å². The van der Waals surface area contributed by atoms with Crippen molar-refractivity contribution in [2.24, 2.45) is 5.73 Å². The first kappa shape index (κ1) is 12.5. The fourth-order valence-corrected chi connectivity index (χ4v) is 1.70. The molecule has 88 valence electrons. The topological polar surface area (TPSA) is 72.5 Å². The van der Waals surface area contributed by atoms with Gasteiger partial charge >= 0.3 is 5.97 Å². The van der Waals surface area contributed by atoms with E-state index in [9.17, 15) is 9.90 Å². The molecule has 4 heteroatoms. The zero-order chi connectivity index (χ0) is 12.3. The van der Waals surface area contributed by atoms with Gasteiger partial charge in [0.2, 0.25) is 0 Å². The van der Waals surface area contributed by atoms with Crippen LogP contribution < -0.4 is 5.73 Å². The number of rotatable bonds is 3. The molecule has 0 spiro atoms. The number of esters is 1. The Morgan fingerprint density at radius 2 is 1.94 bits per heavy atom. The van der Waals surface area contributed by atoms with Gasteiger partial charge in [0, 0.05) is 6.54 Å². The van der Waals surface area contributed by atoms with Gasteiger partial charge < -0.3 is 15.6 Å². The zero-order valence-electron chi connectivity index (χ0n) is 9.78. The molecule has 0 amide bonds. The van der Waals surface area contributed by atoms with Gasteiger partial charge in [0.05, 0.1) is 13.0 Å². The van der Waals surface area contributed by atoms with Gasteiger partial charge in [-0.3, -0.25) is 4.79 Å². The lowest BCUT2D eigenvalue weighted by Crippen LogP contribution is -2.23. The summed E-state index contributed by atoms with van der Waals surface area (Å²) in [6, 6.07) is 3.52. The van der Waals surface area contributed by atoms with Crippen LogP contribution in [0.15, 0.2) is 12.1 Å². The van der Waals surface area contributed by atoms with E-state index in [4.69, 9.17) is 5.73 Å². The first-order chi connectivity index (χ1) is 7.51. The van der Waals surface area contributed by atoms with Crippen molar-refractivity contribution in [3.63, 3.8) is 0 Å². The first-order valence-electron chi connectivity index (χ1n) is 5.09. The normalized spacial score (nSPS) is 12.2. The lowest BCUT2D eigenvalue weighted by atomic mass is 9.95. The maximum atomic E-state index is 11.5. The summed E-state index contributed by atoms with van der Waals surface area (Å²) in [5.41, 5.74) is 7.80. The van der Waals surface area contributed by atoms with Crippen LogP contribution in [-0.2, 0) is 9.53 Å². The Kier molecular flexibility index (Phi) is 3.90. The number of carbonyl (C=O) groups is 1. The molecule has 0 radical (unpaired) electrons. The summed E-state index contributed by atoms with van der Waals surface area (Å²) in [5.74, 6) is -0.570. The van der Waals surface area contributed by atoms with Crippen LogP contribution in [-0.4, -0.2) is 24.7 Å². The molecule has 0 fully saturated rings. The molecule has 4 nitrogen and oxygen atoms in total. The number of phenolic OH excluding ortho intramolecular Hbond substituents is 1. The highest BCUT2D eigenvalue weighted by atomic mass is 16.5. The van der Waals surface area contributed by atoms with Crippen LogP contribution in [0.25, 0.3) is 0 Å². The van der Waals surface area contributed by atoms with Gasteiger partial charge in [-0.1, -0.05) is 12.1 Å². The average Bonchev–Trinajstić information content (AvgIpc) is 2.26. The van der Waals surface area contributed by atoms with Crippen molar-refractivity contribution < 1.29 is 14.6 Å². The van der Waals surface area contributed by atoms with Gasteiger partial charge in [-0.2, -0.15) is 0 Å². The highest BCUT2D eigenvalue weighted by molar-refractivity contribution is 5.78. The van der Waals surface area contributed by atoms with Crippen LogP contribution in [0, 0.1) is 13.8 Å². The smallest absolute Gasteiger partial charge is 0.314 e. The molecule has 1 atom stereocenters. The summed E-state index contributed by atoms with van der Waals surface area (Å²) in [7, 11) is 1.34. The third-order valence-corrected chi connectivity index (χ3v) is 2.64. The SMILES string of the molecule is COC(=O)C(CN)c1cc(C)c(O)c(C)c1. The van der Waals surface area contributed by atoms with Crippen molar-refractivity contribution in [2.75, 3.05) is 13.7 Å². The van der Waals surface area contributed by atoms with E-state index in [0.29, 0.717) is 0 Å². The number of hydrogen-bond donors (Lipinski definition) is 2. The molecule has 0 aliphatic carbocycles. The third-order valence-electron chi connectivity index (χ3n) is 2.64. The number of aryl methyl sites for hydroxylation is 2. The van der Waals surface area contributed by atoms with Gasteiger partial charge in [-0.15, -0.1) is 0 Å². The van der Waals surface area contributed by atoms with E-state index in [2.05, 4.69) is 4.74 Å². The van der Waals surface area contributed by atoms with Gasteiger partial charge in [0.25, 0.3) is 0 Å². The number of nitrogens with two attached hydrogens (primary N) is 1. The molecule has 1 aromatic rings. The van der Waals surface area contributed by atoms with Crippen molar-refractivity contribution in [3.8, 4) is 5.75 Å². The van der Waals surface area contributed by atoms with Crippen LogP contribution >= 0.6 is 0 Å². The molecule has 1 aromatic carbocycles. The van der Waals surface area contributed by atoms with E-state index in [-0.39, 0.29) is 18.3 Å². The van der Waals surface area contributed by atoms with Crippen molar-refractivity contribution in [1.82, 2.24) is 0 Å². The second-order valence-corrected chi connectivity index (χ2v) is 3.81. The maximum Gasteiger partial charge on any atom is 0.314 e. The molecule has 0 bridgehead atoms. The summed E-state index contributed by atoms with van der Waals surface area (Å²) in [6.45, 7) is 3.77. The minimum absolute atomic E-state index is 0.191. The van der Waals surface area contributed by atoms with Gasteiger partial charge in [-0.05, 0) is 30.5 Å². The van der Waals surface area contributed by atoms with E-state index < -0.39 is 5.92 Å². The Hall–Kier alpha value is -1.55. The zero-order valence-corrected chi connectivity index (χ0v) is 9.78. The monoisotopic (exact) mass is 223 g/mol. The Morgan fingerprint density at radius 1 is 1.44 bits per heavy atom. The number of carbonyl (C=O) groups excluding carboxylic acids is 1. The molecule has 0 heterocycles. The van der Waals surface area contributed by atoms with E-state index in [1.54, 1.807) is 26.0 Å². The van der Waals surface area contributed by atoms with E-state index in [1.165, 1.54) is 7.11 Å². The minimum Gasteiger partial charge on any atom is -0.507 e. The Bertz CT molecular complexity index is 378. The second kappa shape index (κ2) is 4.99. The van der Waals surface area contributed by atoms with Crippen LogP contribution in [0.2, 0.25) is 0 Å². The predicted octanol–water partition coefficient (Wildman–Crippen LogP) is 1.22. The van der Waals surface area contributed by atoms with Crippen LogP contribution in [0.3, 0.4) is 0 Å². The summed E-state index contributed by atoms with van der Waals surface area (Å²) in [5, 5.41) is 9.63. The number of aromatic hydroxyl groups is 1. The van der Waals surface area contributed by atoms with Crippen LogP contribution in [0.4, 0.5) is 0 Å². The molecule has 0 aliphatic heterocycles. The van der Waals surface area contributed by atoms with E-state index >= 15 is 0 Å². The van der Waals surface area contributed by atoms with Crippen LogP contribution in [0.5, 0.6) is 5.75 Å². The predicted molar refractivity (Wildman–Crippen MR) is 61.4 cm³/mol. The molecular weight excluding hydrogens is 206 g/mol. The quantitative estimate of drug-likeness (QED) is 0.756. The fourth-order valence-electron chi connectivity index (χ4n) is 1.70. The molecule has 0 aromatic heterocycles. The van der Waals surface area contributed by atoms with Crippen molar-refractivity contribution >= 4 is 5.97 Å². The highest BCUT2D eigenvalue weighted by Gasteiger charge is 2.20. The second-order valence-electron chi connectivity index (χ2n) is 3.81.